The van der Waals surface area contributed by atoms with Crippen LogP contribution in [0.2, 0.25) is 0 Å². The highest BCUT2D eigenvalue weighted by Crippen LogP contribution is 2.18. The Labute approximate surface area is 151 Å². The Balaban J connectivity index is 2.48. The summed E-state index contributed by atoms with van der Waals surface area (Å²) >= 11 is 3.33. The maximum atomic E-state index is 12.3. The molecule has 2 aromatic carbocycles. The van der Waals surface area contributed by atoms with E-state index in [4.69, 9.17) is 9.73 Å². The van der Waals surface area contributed by atoms with Crippen molar-refractivity contribution in [3.05, 3.63) is 82.9 Å². The van der Waals surface area contributed by atoms with Crippen molar-refractivity contribution in [2.75, 3.05) is 6.61 Å². The second-order valence-corrected chi connectivity index (χ2v) is 6.32. The van der Waals surface area contributed by atoms with E-state index in [1.807, 2.05) is 60.7 Å². The number of ether oxygens (including phenoxy) is 1. The van der Waals surface area contributed by atoms with E-state index in [1.54, 1.807) is 6.92 Å². The van der Waals surface area contributed by atoms with Crippen molar-refractivity contribution in [2.45, 2.75) is 19.4 Å². The first kappa shape index (κ1) is 18.1. The number of halogens is 1. The fourth-order valence-electron chi connectivity index (χ4n) is 2.29. The van der Waals surface area contributed by atoms with E-state index in [0.717, 1.165) is 16.8 Å². The first-order valence-corrected chi connectivity index (χ1v) is 8.59. The van der Waals surface area contributed by atoms with E-state index in [-0.39, 0.29) is 5.97 Å². The molecule has 0 heterocycles. The first-order chi connectivity index (χ1) is 11.6. The zero-order valence-electron chi connectivity index (χ0n) is 13.6. The summed E-state index contributed by atoms with van der Waals surface area (Å²) in [5.41, 5.74) is 2.68. The van der Waals surface area contributed by atoms with Crippen LogP contribution in [0.5, 0.6) is 0 Å². The second kappa shape index (κ2) is 9.18. The van der Waals surface area contributed by atoms with Crippen molar-refractivity contribution < 1.29 is 9.53 Å². The first-order valence-electron chi connectivity index (χ1n) is 7.80. The molecule has 1 unspecified atom stereocenters. The quantitative estimate of drug-likeness (QED) is 0.509. The Kier molecular flexibility index (Phi) is 6.94. The van der Waals surface area contributed by atoms with Gasteiger partial charge in [0.2, 0.25) is 0 Å². The SMILES string of the molecule is C=C(Br)CC(N=C(c1ccccc1)c1ccccc1)C(=O)OCC. The van der Waals surface area contributed by atoms with Crippen LogP contribution in [0.25, 0.3) is 0 Å². The fourth-order valence-corrected chi connectivity index (χ4v) is 2.60. The van der Waals surface area contributed by atoms with E-state index in [1.165, 1.54) is 0 Å². The smallest absolute Gasteiger partial charge is 0.331 e. The topological polar surface area (TPSA) is 38.7 Å². The minimum atomic E-state index is -0.632. The van der Waals surface area contributed by atoms with Gasteiger partial charge in [0.15, 0.2) is 6.04 Å². The monoisotopic (exact) mass is 385 g/mol. The molecule has 0 saturated carbocycles. The molecule has 2 rings (SSSR count). The van der Waals surface area contributed by atoms with Crippen molar-refractivity contribution in [3.63, 3.8) is 0 Å². The molecule has 0 amide bonds. The van der Waals surface area contributed by atoms with E-state index in [2.05, 4.69) is 22.5 Å². The normalized spacial score (nSPS) is 11.4. The number of nitrogens with zero attached hydrogens (tertiary/aromatic N) is 1. The van der Waals surface area contributed by atoms with Crippen LogP contribution >= 0.6 is 15.9 Å². The number of hydrogen-bond donors (Lipinski definition) is 0. The lowest BCUT2D eigenvalue weighted by Crippen LogP contribution is -2.24. The number of aliphatic imine (C=N–C) groups is 1. The zero-order chi connectivity index (χ0) is 17.4. The Bertz CT molecular complexity index is 669. The molecular formula is C20H20BrNO2. The van der Waals surface area contributed by atoms with Crippen LogP contribution in [0.1, 0.15) is 24.5 Å². The van der Waals surface area contributed by atoms with Gasteiger partial charge in [0.25, 0.3) is 0 Å². The average Bonchev–Trinajstić information content (AvgIpc) is 2.60. The third kappa shape index (κ3) is 5.17. The predicted octanol–water partition coefficient (Wildman–Crippen LogP) is 4.75. The molecular weight excluding hydrogens is 366 g/mol. The van der Waals surface area contributed by atoms with Gasteiger partial charge in [-0.05, 0) is 11.4 Å². The largest absolute Gasteiger partial charge is 0.464 e. The summed E-state index contributed by atoms with van der Waals surface area (Å²) in [6, 6.07) is 19.0. The molecule has 0 spiro atoms. The highest BCUT2D eigenvalue weighted by atomic mass is 79.9. The molecule has 0 aliphatic heterocycles. The summed E-state index contributed by atoms with van der Waals surface area (Å²) in [7, 11) is 0. The number of carbonyl (C=O) groups excluding carboxylic acids is 1. The van der Waals surface area contributed by atoms with Crippen molar-refractivity contribution >= 4 is 27.6 Å². The number of hydrogen-bond acceptors (Lipinski definition) is 3. The molecule has 0 N–H and O–H groups in total. The van der Waals surface area contributed by atoms with Gasteiger partial charge in [0.05, 0.1) is 12.3 Å². The van der Waals surface area contributed by atoms with E-state index in [9.17, 15) is 4.79 Å². The minimum Gasteiger partial charge on any atom is -0.464 e. The standard InChI is InChI=1S/C20H20BrNO2/c1-3-24-20(23)18(14-15(2)21)22-19(16-10-6-4-7-11-16)17-12-8-5-9-13-17/h4-13,18H,2-3,14H2,1H3. The van der Waals surface area contributed by atoms with Gasteiger partial charge in [-0.2, -0.15) is 0 Å². The van der Waals surface area contributed by atoms with Crippen LogP contribution in [0, 0.1) is 0 Å². The van der Waals surface area contributed by atoms with Gasteiger partial charge >= 0.3 is 5.97 Å². The molecule has 0 aliphatic rings. The van der Waals surface area contributed by atoms with Crippen molar-refractivity contribution in [2.24, 2.45) is 4.99 Å². The third-order valence-electron chi connectivity index (χ3n) is 3.35. The third-order valence-corrected chi connectivity index (χ3v) is 3.68. The van der Waals surface area contributed by atoms with Gasteiger partial charge in [0, 0.05) is 17.5 Å². The van der Waals surface area contributed by atoms with Crippen LogP contribution in [-0.2, 0) is 9.53 Å². The van der Waals surface area contributed by atoms with E-state index < -0.39 is 6.04 Å². The molecule has 0 bridgehead atoms. The van der Waals surface area contributed by atoms with Crippen LogP contribution in [-0.4, -0.2) is 24.3 Å². The number of carbonyl (C=O) groups is 1. The molecule has 2 aromatic rings. The highest BCUT2D eigenvalue weighted by Gasteiger charge is 2.21. The molecule has 1 atom stereocenters. The summed E-state index contributed by atoms with van der Waals surface area (Å²) < 4.78 is 5.88. The van der Waals surface area contributed by atoms with Gasteiger partial charge in [0.1, 0.15) is 0 Å². The predicted molar refractivity (Wildman–Crippen MR) is 102 cm³/mol. The summed E-state index contributed by atoms with van der Waals surface area (Å²) in [5.74, 6) is -0.345. The zero-order valence-corrected chi connectivity index (χ0v) is 15.2. The molecule has 0 aromatic heterocycles. The molecule has 0 radical (unpaired) electrons. The maximum absolute atomic E-state index is 12.3. The number of rotatable bonds is 7. The summed E-state index contributed by atoms with van der Waals surface area (Å²) in [5, 5.41) is 0. The Morgan fingerprint density at radius 2 is 1.58 bits per heavy atom. The molecule has 0 fully saturated rings. The maximum Gasteiger partial charge on any atom is 0.331 e. The summed E-state index contributed by atoms with van der Waals surface area (Å²) in [4.78, 5) is 17.0. The van der Waals surface area contributed by atoms with Gasteiger partial charge in [-0.15, -0.1) is 0 Å². The Hall–Kier alpha value is -2.20. The van der Waals surface area contributed by atoms with Crippen LogP contribution < -0.4 is 0 Å². The highest BCUT2D eigenvalue weighted by molar-refractivity contribution is 9.11. The molecule has 4 heteroatoms. The number of benzene rings is 2. The fraction of sp³-hybridized carbons (Fsp3) is 0.200. The van der Waals surface area contributed by atoms with Gasteiger partial charge < -0.3 is 4.74 Å². The van der Waals surface area contributed by atoms with Crippen LogP contribution in [0.4, 0.5) is 0 Å². The molecule has 124 valence electrons. The molecule has 3 nitrogen and oxygen atoms in total. The van der Waals surface area contributed by atoms with Gasteiger partial charge in [-0.1, -0.05) is 83.2 Å². The second-order valence-electron chi connectivity index (χ2n) is 5.20. The Morgan fingerprint density at radius 3 is 2.00 bits per heavy atom. The summed E-state index contributed by atoms with van der Waals surface area (Å²) in [6.07, 6.45) is 0.391. The molecule has 24 heavy (non-hydrogen) atoms. The average molecular weight is 386 g/mol. The summed E-state index contributed by atoms with van der Waals surface area (Å²) in [6.45, 7) is 5.94. The van der Waals surface area contributed by atoms with Crippen molar-refractivity contribution in [3.8, 4) is 0 Å². The lowest BCUT2D eigenvalue weighted by molar-refractivity contribution is -0.144. The van der Waals surface area contributed by atoms with Crippen LogP contribution in [0.3, 0.4) is 0 Å². The van der Waals surface area contributed by atoms with Gasteiger partial charge in [-0.3, -0.25) is 4.99 Å². The number of esters is 1. The van der Waals surface area contributed by atoms with Crippen molar-refractivity contribution in [1.29, 1.82) is 0 Å². The van der Waals surface area contributed by atoms with Crippen LogP contribution in [0.15, 0.2) is 76.7 Å². The lowest BCUT2D eigenvalue weighted by atomic mass is 10.0. The van der Waals surface area contributed by atoms with E-state index in [0.29, 0.717) is 17.5 Å². The minimum absolute atomic E-state index is 0.325. The Morgan fingerprint density at radius 1 is 1.08 bits per heavy atom. The lowest BCUT2D eigenvalue weighted by Gasteiger charge is -2.14. The molecule has 0 aliphatic carbocycles. The molecule has 0 saturated heterocycles. The van der Waals surface area contributed by atoms with Gasteiger partial charge in [-0.25, -0.2) is 4.79 Å². The van der Waals surface area contributed by atoms with Crippen molar-refractivity contribution in [1.82, 2.24) is 0 Å². The van der Waals surface area contributed by atoms with E-state index >= 15 is 0 Å².